The number of esters is 1. The first kappa shape index (κ1) is 24.3. The van der Waals surface area contributed by atoms with Crippen LogP contribution in [0, 0.1) is 5.82 Å². The topological polar surface area (TPSA) is 67.9 Å². The lowest BCUT2D eigenvalue weighted by atomic mass is 9.88. The molecular formula is C29H33FN2O4. The zero-order valence-corrected chi connectivity index (χ0v) is 20.7. The summed E-state index contributed by atoms with van der Waals surface area (Å²) in [7, 11) is 1.36. The molecule has 2 amide bonds. The first-order valence-electron chi connectivity index (χ1n) is 12.9. The van der Waals surface area contributed by atoms with Crippen molar-refractivity contribution in [2.75, 3.05) is 7.11 Å². The van der Waals surface area contributed by atoms with E-state index < -0.39 is 11.8 Å². The highest BCUT2D eigenvalue weighted by atomic mass is 19.1. The molecular weight excluding hydrogens is 459 g/mol. The Labute approximate surface area is 211 Å². The number of rotatable bonds is 6. The van der Waals surface area contributed by atoms with E-state index in [9.17, 15) is 14.0 Å². The second-order valence-corrected chi connectivity index (χ2v) is 9.94. The summed E-state index contributed by atoms with van der Waals surface area (Å²) in [5.74, 6) is -0.479. The van der Waals surface area contributed by atoms with Crippen LogP contribution in [0.15, 0.2) is 54.1 Å². The summed E-state index contributed by atoms with van der Waals surface area (Å²) in [6.45, 7) is 0.279. The minimum atomic E-state index is -0.454. The molecule has 5 rings (SSSR count). The van der Waals surface area contributed by atoms with Gasteiger partial charge in [0, 0.05) is 23.7 Å². The summed E-state index contributed by atoms with van der Waals surface area (Å²) >= 11 is 0. The number of urea groups is 1. The number of halogens is 1. The van der Waals surface area contributed by atoms with Gasteiger partial charge in [-0.15, -0.1) is 0 Å². The van der Waals surface area contributed by atoms with E-state index in [4.69, 9.17) is 9.47 Å². The number of carbonyl (C=O) groups is 2. The summed E-state index contributed by atoms with van der Waals surface area (Å²) in [5, 5.41) is 3.22. The lowest BCUT2D eigenvalue weighted by Gasteiger charge is -2.38. The zero-order chi connectivity index (χ0) is 25.1. The van der Waals surface area contributed by atoms with Gasteiger partial charge in [0.2, 0.25) is 0 Å². The molecule has 190 valence electrons. The highest BCUT2D eigenvalue weighted by molar-refractivity contribution is 6.01. The maximum atomic E-state index is 14.3. The van der Waals surface area contributed by atoms with Gasteiger partial charge in [0.15, 0.2) is 0 Å². The Balaban J connectivity index is 1.46. The van der Waals surface area contributed by atoms with Gasteiger partial charge in [-0.2, -0.15) is 0 Å². The summed E-state index contributed by atoms with van der Waals surface area (Å²) in [4.78, 5) is 28.3. The predicted molar refractivity (Wildman–Crippen MR) is 135 cm³/mol. The number of hydrogen-bond acceptors (Lipinski definition) is 4. The molecule has 2 aromatic rings. The first-order chi connectivity index (χ1) is 17.5. The quantitative estimate of drug-likeness (QED) is 0.532. The molecule has 1 N–H and O–H groups in total. The van der Waals surface area contributed by atoms with Crippen LogP contribution in [0.1, 0.15) is 62.5 Å². The van der Waals surface area contributed by atoms with Gasteiger partial charge in [-0.25, -0.2) is 14.0 Å². The van der Waals surface area contributed by atoms with Crippen molar-refractivity contribution >= 4 is 17.6 Å². The van der Waals surface area contributed by atoms with Crippen LogP contribution in [-0.4, -0.2) is 42.1 Å². The summed E-state index contributed by atoms with van der Waals surface area (Å²) in [6, 6.07) is 13.8. The molecule has 7 heteroatoms. The SMILES string of the molecule is COC(=O)C1=C(c2ccc(F)cc2OCc2ccccc2)C[C@@H]2CC[C@H]1N2C(=O)NC1CCCCC1. The minimum absolute atomic E-state index is 0.0333. The number of fused-ring (bicyclic) bond motifs is 2. The van der Waals surface area contributed by atoms with Crippen LogP contribution in [0.3, 0.4) is 0 Å². The summed E-state index contributed by atoms with van der Waals surface area (Å²) < 4.78 is 25.5. The normalized spacial score (nSPS) is 21.9. The van der Waals surface area contributed by atoms with Gasteiger partial charge < -0.3 is 19.7 Å². The van der Waals surface area contributed by atoms with Crippen molar-refractivity contribution < 1.29 is 23.5 Å². The molecule has 2 heterocycles. The highest BCUT2D eigenvalue weighted by Gasteiger charge is 2.47. The standard InChI is InChI=1S/C29H33FN2O4/c1-35-28(33)27-24(23-14-12-20(30)16-26(23)36-18-19-8-4-2-5-9-19)17-22-13-15-25(27)32(22)29(34)31-21-10-6-3-7-11-21/h2,4-5,8-9,12,14,16,21-22,25H,3,6-7,10-11,13,15,17-18H2,1H3,(H,31,34)/t22-,25+/m0/s1. The molecule has 2 fully saturated rings. The van der Waals surface area contributed by atoms with E-state index in [1.807, 2.05) is 35.2 Å². The second kappa shape index (κ2) is 10.7. The molecule has 0 aromatic heterocycles. The highest BCUT2D eigenvalue weighted by Crippen LogP contribution is 2.45. The van der Waals surface area contributed by atoms with E-state index in [0.29, 0.717) is 29.7 Å². The van der Waals surface area contributed by atoms with Gasteiger partial charge in [0.1, 0.15) is 18.2 Å². The molecule has 36 heavy (non-hydrogen) atoms. The second-order valence-electron chi connectivity index (χ2n) is 9.94. The third kappa shape index (κ3) is 4.97. The molecule has 6 nitrogen and oxygen atoms in total. The lowest BCUT2D eigenvalue weighted by Crippen LogP contribution is -2.53. The van der Waals surface area contributed by atoms with Crippen LogP contribution in [0.2, 0.25) is 0 Å². The Morgan fingerprint density at radius 1 is 1.03 bits per heavy atom. The molecule has 3 aliphatic rings. The number of nitrogens with one attached hydrogen (secondary N) is 1. The van der Waals surface area contributed by atoms with E-state index in [0.717, 1.165) is 43.2 Å². The predicted octanol–water partition coefficient (Wildman–Crippen LogP) is 5.61. The van der Waals surface area contributed by atoms with Crippen LogP contribution in [0.25, 0.3) is 5.57 Å². The Morgan fingerprint density at radius 2 is 1.81 bits per heavy atom. The van der Waals surface area contributed by atoms with Gasteiger partial charge in [-0.3, -0.25) is 0 Å². The van der Waals surface area contributed by atoms with Crippen molar-refractivity contribution in [2.45, 2.75) is 76.1 Å². The Morgan fingerprint density at radius 3 is 2.56 bits per heavy atom. The molecule has 1 aliphatic carbocycles. The van der Waals surface area contributed by atoms with E-state index in [-0.39, 0.29) is 30.8 Å². The molecule has 2 bridgehead atoms. The van der Waals surface area contributed by atoms with Crippen LogP contribution in [0.5, 0.6) is 5.75 Å². The number of carbonyl (C=O) groups excluding carboxylic acids is 2. The Hall–Kier alpha value is -3.35. The van der Waals surface area contributed by atoms with Crippen molar-refractivity contribution in [2.24, 2.45) is 0 Å². The molecule has 0 spiro atoms. The minimum Gasteiger partial charge on any atom is -0.488 e. The number of methoxy groups -OCH3 is 1. The van der Waals surface area contributed by atoms with Crippen molar-refractivity contribution in [3.8, 4) is 5.75 Å². The molecule has 1 saturated carbocycles. The van der Waals surface area contributed by atoms with Gasteiger partial charge in [-0.1, -0.05) is 49.6 Å². The van der Waals surface area contributed by atoms with Crippen molar-refractivity contribution in [3.05, 3.63) is 71.0 Å². The van der Waals surface area contributed by atoms with Crippen molar-refractivity contribution in [1.82, 2.24) is 10.2 Å². The van der Waals surface area contributed by atoms with Gasteiger partial charge >= 0.3 is 12.0 Å². The fraction of sp³-hybridized carbons (Fsp3) is 0.448. The average molecular weight is 493 g/mol. The zero-order valence-electron chi connectivity index (χ0n) is 20.7. The fourth-order valence-electron chi connectivity index (χ4n) is 5.94. The van der Waals surface area contributed by atoms with E-state index in [1.54, 1.807) is 6.07 Å². The largest absolute Gasteiger partial charge is 0.488 e. The van der Waals surface area contributed by atoms with Gasteiger partial charge in [0.25, 0.3) is 0 Å². The average Bonchev–Trinajstić information content (AvgIpc) is 3.22. The molecule has 0 unspecified atom stereocenters. The number of amides is 2. The third-order valence-electron chi connectivity index (χ3n) is 7.68. The molecule has 1 saturated heterocycles. The number of benzene rings is 2. The van der Waals surface area contributed by atoms with Crippen molar-refractivity contribution in [3.63, 3.8) is 0 Å². The first-order valence-corrected chi connectivity index (χ1v) is 12.9. The van der Waals surface area contributed by atoms with E-state index in [2.05, 4.69) is 5.32 Å². The summed E-state index contributed by atoms with van der Waals surface area (Å²) in [5.41, 5.74) is 2.89. The maximum Gasteiger partial charge on any atom is 0.336 e. The summed E-state index contributed by atoms with van der Waals surface area (Å²) in [6.07, 6.45) is 7.46. The van der Waals surface area contributed by atoms with Crippen LogP contribution >= 0.6 is 0 Å². The van der Waals surface area contributed by atoms with Crippen molar-refractivity contribution in [1.29, 1.82) is 0 Å². The monoisotopic (exact) mass is 492 g/mol. The van der Waals surface area contributed by atoms with Crippen LogP contribution in [0.4, 0.5) is 9.18 Å². The third-order valence-corrected chi connectivity index (χ3v) is 7.68. The molecule has 2 atom stereocenters. The van der Waals surface area contributed by atoms with Crippen LogP contribution in [-0.2, 0) is 16.1 Å². The lowest BCUT2D eigenvalue weighted by molar-refractivity contribution is -0.136. The van der Waals surface area contributed by atoms with E-state index in [1.165, 1.54) is 25.7 Å². The number of hydrogen-bond donors (Lipinski definition) is 1. The molecule has 2 aromatic carbocycles. The Bertz CT molecular complexity index is 1140. The van der Waals surface area contributed by atoms with Gasteiger partial charge in [0.05, 0.1) is 18.7 Å². The van der Waals surface area contributed by atoms with E-state index >= 15 is 0 Å². The number of nitrogens with zero attached hydrogens (tertiary/aromatic N) is 1. The molecule has 0 radical (unpaired) electrons. The number of ether oxygens (including phenoxy) is 2. The van der Waals surface area contributed by atoms with Crippen LogP contribution < -0.4 is 10.1 Å². The molecule has 2 aliphatic heterocycles. The fourth-order valence-corrected chi connectivity index (χ4v) is 5.94. The maximum absolute atomic E-state index is 14.3. The Kier molecular flexibility index (Phi) is 7.25. The van der Waals surface area contributed by atoms with Gasteiger partial charge in [-0.05, 0) is 55.4 Å². The smallest absolute Gasteiger partial charge is 0.336 e.